The molecule has 1 N–H and O–H groups in total. The van der Waals surface area contributed by atoms with Gasteiger partial charge in [-0.25, -0.2) is 9.07 Å². The smallest absolute Gasteiger partial charge is 0.240 e. The van der Waals surface area contributed by atoms with Crippen molar-refractivity contribution >= 4 is 40.7 Å². The molecule has 0 fully saturated rings. The van der Waals surface area contributed by atoms with Crippen molar-refractivity contribution in [2.75, 3.05) is 23.7 Å². The highest BCUT2D eigenvalue weighted by Gasteiger charge is 2.40. The average Bonchev–Trinajstić information content (AvgIpc) is 3.43. The molecule has 4 rings (SSSR count). The number of carbonyl (C=O) groups excluding carboxylic acids is 2. The molecule has 0 saturated heterocycles. The van der Waals surface area contributed by atoms with E-state index < -0.39 is 0 Å². The van der Waals surface area contributed by atoms with Gasteiger partial charge < -0.3 is 5.32 Å². The molecular formula is C25H29FN4O2S2. The Kier molecular flexibility index (Phi) is 7.14. The zero-order valence-corrected chi connectivity index (χ0v) is 21.4. The Morgan fingerprint density at radius 3 is 2.59 bits per heavy atom. The van der Waals surface area contributed by atoms with E-state index in [1.54, 1.807) is 44.8 Å². The lowest BCUT2D eigenvalue weighted by Gasteiger charge is -2.24. The van der Waals surface area contributed by atoms with E-state index >= 15 is 0 Å². The van der Waals surface area contributed by atoms with Crippen LogP contribution in [0.3, 0.4) is 0 Å². The molecular weight excluding hydrogens is 471 g/mol. The molecule has 2 amide bonds. The van der Waals surface area contributed by atoms with Crippen molar-refractivity contribution in [3.63, 3.8) is 0 Å². The van der Waals surface area contributed by atoms with Gasteiger partial charge in [0.15, 0.2) is 0 Å². The number of hydrogen-bond donors (Lipinski definition) is 1. The summed E-state index contributed by atoms with van der Waals surface area (Å²) in [6, 6.07) is 8.12. The van der Waals surface area contributed by atoms with Crippen LogP contribution in [-0.4, -0.2) is 40.4 Å². The number of nitrogens with zero attached hydrogens (tertiary/aromatic N) is 3. The molecule has 1 aliphatic heterocycles. The largest absolute Gasteiger partial charge is 0.355 e. The van der Waals surface area contributed by atoms with Gasteiger partial charge in [0.05, 0.1) is 22.4 Å². The fraction of sp³-hybridized carbons (Fsp3) is 0.400. The molecule has 3 heterocycles. The summed E-state index contributed by atoms with van der Waals surface area (Å²) in [5.41, 5.74) is 3.19. The third-order valence-corrected chi connectivity index (χ3v) is 7.55. The molecule has 0 aliphatic carbocycles. The Bertz CT molecular complexity index is 1170. The second-order valence-electron chi connectivity index (χ2n) is 9.30. The van der Waals surface area contributed by atoms with E-state index in [0.29, 0.717) is 18.1 Å². The van der Waals surface area contributed by atoms with Crippen molar-refractivity contribution < 1.29 is 14.0 Å². The molecule has 0 saturated carbocycles. The summed E-state index contributed by atoms with van der Waals surface area (Å²) in [7, 11) is 0. The first-order chi connectivity index (χ1) is 16.2. The molecule has 1 aliphatic rings. The van der Waals surface area contributed by atoms with Crippen molar-refractivity contribution in [3.05, 3.63) is 63.7 Å². The van der Waals surface area contributed by atoms with Crippen LogP contribution in [0, 0.1) is 5.82 Å². The molecule has 1 aromatic carbocycles. The van der Waals surface area contributed by atoms with E-state index in [4.69, 9.17) is 5.10 Å². The number of anilines is 1. The van der Waals surface area contributed by atoms with Crippen LogP contribution in [0.1, 0.15) is 56.2 Å². The predicted octanol–water partition coefficient (Wildman–Crippen LogP) is 5.07. The van der Waals surface area contributed by atoms with E-state index in [0.717, 1.165) is 23.2 Å². The normalized spacial score (nSPS) is 16.3. The maximum absolute atomic E-state index is 13.7. The van der Waals surface area contributed by atoms with Crippen molar-refractivity contribution in [1.29, 1.82) is 0 Å². The molecule has 180 valence electrons. The van der Waals surface area contributed by atoms with Gasteiger partial charge >= 0.3 is 0 Å². The minimum Gasteiger partial charge on any atom is -0.355 e. The van der Waals surface area contributed by atoms with Gasteiger partial charge in [-0.2, -0.15) is 16.4 Å². The third kappa shape index (κ3) is 4.90. The van der Waals surface area contributed by atoms with Crippen LogP contribution >= 0.6 is 23.1 Å². The van der Waals surface area contributed by atoms with Gasteiger partial charge in [0.25, 0.3) is 0 Å². The second kappa shape index (κ2) is 9.92. The summed E-state index contributed by atoms with van der Waals surface area (Å²) >= 11 is 3.16. The zero-order chi connectivity index (χ0) is 24.5. The Hall–Kier alpha value is -2.65. The predicted molar refractivity (Wildman–Crippen MR) is 136 cm³/mol. The maximum atomic E-state index is 13.7. The SMILES string of the molecule is CCCNC(=O)CN1C(=O)CS[C@@H](c2ccsc2)c2c(C(C)(C)C)nn(-c3ccc(F)cc3)c21. The number of amides is 2. The van der Waals surface area contributed by atoms with Crippen LogP contribution in [0.2, 0.25) is 0 Å². The number of thiophene rings is 1. The molecule has 0 bridgehead atoms. The lowest BCUT2D eigenvalue weighted by molar-refractivity contribution is -0.122. The number of aromatic nitrogens is 2. The highest BCUT2D eigenvalue weighted by Crippen LogP contribution is 2.48. The lowest BCUT2D eigenvalue weighted by atomic mass is 9.87. The second-order valence-corrected chi connectivity index (χ2v) is 11.2. The topological polar surface area (TPSA) is 67.2 Å². The minimum absolute atomic E-state index is 0.0980. The maximum Gasteiger partial charge on any atom is 0.240 e. The lowest BCUT2D eigenvalue weighted by Crippen LogP contribution is -2.42. The van der Waals surface area contributed by atoms with Crippen molar-refractivity contribution in [2.24, 2.45) is 0 Å². The van der Waals surface area contributed by atoms with Crippen LogP contribution in [0.25, 0.3) is 5.69 Å². The van der Waals surface area contributed by atoms with Crippen LogP contribution in [0.4, 0.5) is 10.2 Å². The fourth-order valence-corrected chi connectivity index (χ4v) is 5.95. The van der Waals surface area contributed by atoms with Gasteiger partial charge in [0.2, 0.25) is 11.8 Å². The van der Waals surface area contributed by atoms with Crippen molar-refractivity contribution in [2.45, 2.75) is 44.8 Å². The number of fused-ring (bicyclic) bond motifs is 1. The van der Waals surface area contributed by atoms with Crippen molar-refractivity contribution in [3.8, 4) is 5.69 Å². The molecule has 6 nitrogen and oxygen atoms in total. The molecule has 1 atom stereocenters. The van der Waals surface area contributed by atoms with Crippen LogP contribution in [0.15, 0.2) is 41.1 Å². The Balaban J connectivity index is 1.97. The summed E-state index contributed by atoms with van der Waals surface area (Å²) < 4.78 is 15.4. The van der Waals surface area contributed by atoms with Crippen LogP contribution in [-0.2, 0) is 15.0 Å². The first kappa shape index (κ1) is 24.5. The molecule has 0 spiro atoms. The van der Waals surface area contributed by atoms with E-state index in [1.165, 1.54) is 12.1 Å². The van der Waals surface area contributed by atoms with Gasteiger partial charge in [-0.3, -0.25) is 14.5 Å². The quantitative estimate of drug-likeness (QED) is 0.513. The first-order valence-corrected chi connectivity index (χ1v) is 13.3. The Morgan fingerprint density at radius 2 is 1.97 bits per heavy atom. The van der Waals surface area contributed by atoms with Gasteiger partial charge in [-0.15, -0.1) is 11.8 Å². The third-order valence-electron chi connectivity index (χ3n) is 5.59. The molecule has 0 unspecified atom stereocenters. The van der Waals surface area contributed by atoms with Crippen LogP contribution in [0.5, 0.6) is 0 Å². The monoisotopic (exact) mass is 500 g/mol. The van der Waals surface area contributed by atoms with Gasteiger partial charge in [-0.1, -0.05) is 27.7 Å². The van der Waals surface area contributed by atoms with E-state index in [-0.39, 0.29) is 40.6 Å². The Labute approximate surface area is 207 Å². The number of rotatable bonds is 6. The highest BCUT2D eigenvalue weighted by atomic mass is 32.2. The molecule has 3 aromatic rings. The molecule has 9 heteroatoms. The molecule has 34 heavy (non-hydrogen) atoms. The Morgan fingerprint density at radius 1 is 1.24 bits per heavy atom. The van der Waals surface area contributed by atoms with E-state index in [9.17, 15) is 14.0 Å². The van der Waals surface area contributed by atoms with Gasteiger partial charge in [-0.05, 0) is 53.1 Å². The number of thioether (sulfide) groups is 1. The van der Waals surface area contributed by atoms with Gasteiger partial charge in [0, 0.05) is 17.5 Å². The summed E-state index contributed by atoms with van der Waals surface area (Å²) in [6.45, 7) is 8.70. The summed E-state index contributed by atoms with van der Waals surface area (Å²) in [5.74, 6) is 0.0955. The number of halogens is 1. The molecule has 0 radical (unpaired) electrons. The number of benzene rings is 1. The summed E-state index contributed by atoms with van der Waals surface area (Å²) in [5, 5.41) is 11.9. The number of carbonyl (C=O) groups is 2. The number of hydrogen-bond acceptors (Lipinski definition) is 5. The molecule has 2 aromatic heterocycles. The highest BCUT2D eigenvalue weighted by molar-refractivity contribution is 8.00. The summed E-state index contributed by atoms with van der Waals surface area (Å²) in [6.07, 6.45) is 0.808. The van der Waals surface area contributed by atoms with Gasteiger partial charge in [0.1, 0.15) is 18.2 Å². The van der Waals surface area contributed by atoms with E-state index in [1.807, 2.05) is 12.3 Å². The van der Waals surface area contributed by atoms with Crippen LogP contribution < -0.4 is 10.2 Å². The zero-order valence-electron chi connectivity index (χ0n) is 19.8. The van der Waals surface area contributed by atoms with Crippen molar-refractivity contribution in [1.82, 2.24) is 15.1 Å². The fourth-order valence-electron chi connectivity index (χ4n) is 3.99. The standard InChI is InChI=1S/C25H29FN4O2S2/c1-5-11-27-19(31)13-29-20(32)15-34-22(16-10-12-33-14-16)21-23(25(2,3)4)28-30(24(21)29)18-8-6-17(26)7-9-18/h6-10,12,14,22H,5,11,13,15H2,1-4H3,(H,27,31)/t22-/m0/s1. The summed E-state index contributed by atoms with van der Waals surface area (Å²) in [4.78, 5) is 27.7. The average molecular weight is 501 g/mol. The van der Waals surface area contributed by atoms with E-state index in [2.05, 4.69) is 37.5 Å². The minimum atomic E-state index is -0.350. The number of nitrogens with one attached hydrogen (secondary N) is 1. The first-order valence-electron chi connectivity index (χ1n) is 11.3.